The third kappa shape index (κ3) is 1.63. The number of thioether (sulfide) groups is 1. The van der Waals surface area contributed by atoms with Gasteiger partial charge in [0.05, 0.1) is 21.2 Å². The monoisotopic (exact) mass is 263 g/mol. The van der Waals surface area contributed by atoms with Crippen molar-refractivity contribution in [3.63, 3.8) is 0 Å². The van der Waals surface area contributed by atoms with E-state index in [2.05, 4.69) is 5.10 Å². The maximum Gasteiger partial charge on any atom is 0.285 e. The molecule has 0 spiro atoms. The van der Waals surface area contributed by atoms with Crippen LogP contribution >= 0.6 is 11.8 Å². The van der Waals surface area contributed by atoms with Gasteiger partial charge in [-0.2, -0.15) is 0 Å². The van der Waals surface area contributed by atoms with Gasteiger partial charge in [-0.05, 0) is 18.6 Å². The molecule has 0 unspecified atom stereocenters. The maximum atomic E-state index is 12.1. The van der Waals surface area contributed by atoms with E-state index < -0.39 is 4.92 Å². The van der Waals surface area contributed by atoms with Crippen LogP contribution in [0.1, 0.15) is 5.69 Å². The van der Waals surface area contributed by atoms with Crippen LogP contribution in [-0.4, -0.2) is 20.5 Å². The van der Waals surface area contributed by atoms with Crippen molar-refractivity contribution in [2.45, 2.75) is 11.3 Å². The predicted octanol–water partition coefficient (Wildman–Crippen LogP) is 1.72. The van der Waals surface area contributed by atoms with Crippen LogP contribution in [0.25, 0.3) is 5.69 Å². The van der Waals surface area contributed by atoms with Gasteiger partial charge < -0.3 is 0 Å². The molecular weight excluding hydrogens is 254 g/mol. The number of hydrogen-bond acceptors (Lipinski definition) is 4. The summed E-state index contributed by atoms with van der Waals surface area (Å²) < 4.78 is 1.43. The molecule has 0 aliphatic carbocycles. The Kier molecular flexibility index (Phi) is 2.48. The Morgan fingerprint density at radius 1 is 1.33 bits per heavy atom. The van der Waals surface area contributed by atoms with E-state index in [1.807, 2.05) is 0 Å². The Morgan fingerprint density at radius 3 is 2.67 bits per heavy atom. The molecule has 0 amide bonds. The SMILES string of the molecule is O=c1c2c([nH]n1-c1ccc([N+](=O)[O-])cc1)CCS2. The number of aryl methyl sites for hydroxylation is 1. The van der Waals surface area contributed by atoms with Crippen LogP contribution in [0.4, 0.5) is 5.69 Å². The van der Waals surface area contributed by atoms with Crippen LogP contribution in [-0.2, 0) is 6.42 Å². The maximum absolute atomic E-state index is 12.1. The molecule has 0 saturated carbocycles. The first-order valence-electron chi connectivity index (χ1n) is 5.38. The molecule has 0 bridgehead atoms. The lowest BCUT2D eigenvalue weighted by molar-refractivity contribution is -0.384. The van der Waals surface area contributed by atoms with E-state index >= 15 is 0 Å². The first-order chi connectivity index (χ1) is 8.66. The van der Waals surface area contributed by atoms with Gasteiger partial charge >= 0.3 is 0 Å². The minimum atomic E-state index is -0.461. The van der Waals surface area contributed by atoms with Crippen LogP contribution in [0, 0.1) is 10.1 Å². The molecule has 0 saturated heterocycles. The number of nitrogens with one attached hydrogen (secondary N) is 1. The molecule has 7 heteroatoms. The van der Waals surface area contributed by atoms with Crippen molar-refractivity contribution in [2.24, 2.45) is 0 Å². The summed E-state index contributed by atoms with van der Waals surface area (Å²) in [4.78, 5) is 22.9. The smallest absolute Gasteiger partial charge is 0.285 e. The minimum Gasteiger partial charge on any atom is -0.294 e. The number of nitro groups is 1. The van der Waals surface area contributed by atoms with Crippen molar-refractivity contribution in [1.29, 1.82) is 0 Å². The molecule has 0 atom stereocenters. The summed E-state index contributed by atoms with van der Waals surface area (Å²) in [6.07, 6.45) is 0.856. The molecule has 92 valence electrons. The molecule has 1 N–H and O–H groups in total. The fourth-order valence-electron chi connectivity index (χ4n) is 1.95. The number of non-ortho nitro benzene ring substituents is 1. The summed E-state index contributed by atoms with van der Waals surface area (Å²) in [6, 6.07) is 5.91. The number of aromatic amines is 1. The Morgan fingerprint density at radius 2 is 2.06 bits per heavy atom. The highest BCUT2D eigenvalue weighted by molar-refractivity contribution is 7.99. The molecule has 0 fully saturated rings. The molecule has 2 heterocycles. The highest BCUT2D eigenvalue weighted by Gasteiger charge is 2.20. The molecule has 1 aromatic heterocycles. The number of fused-ring (bicyclic) bond motifs is 1. The fourth-order valence-corrected chi connectivity index (χ4v) is 2.99. The summed E-state index contributed by atoms with van der Waals surface area (Å²) in [6.45, 7) is 0. The minimum absolute atomic E-state index is 0.0141. The normalized spacial score (nSPS) is 13.6. The van der Waals surface area contributed by atoms with Crippen molar-refractivity contribution < 1.29 is 4.92 Å². The molecule has 1 aromatic carbocycles. The van der Waals surface area contributed by atoms with Crippen molar-refractivity contribution in [3.8, 4) is 5.69 Å². The number of nitro benzene ring substituents is 1. The molecule has 1 aliphatic rings. The zero-order valence-corrected chi connectivity index (χ0v) is 10.1. The number of benzene rings is 1. The summed E-state index contributed by atoms with van der Waals surface area (Å²) in [7, 11) is 0. The Hall–Kier alpha value is -2.02. The Labute approximate surface area is 106 Å². The van der Waals surface area contributed by atoms with Crippen molar-refractivity contribution >= 4 is 17.4 Å². The highest BCUT2D eigenvalue weighted by atomic mass is 32.2. The number of rotatable bonds is 2. The van der Waals surface area contributed by atoms with Crippen LogP contribution < -0.4 is 5.56 Å². The summed E-state index contributed by atoms with van der Waals surface area (Å²) >= 11 is 1.55. The summed E-state index contributed by atoms with van der Waals surface area (Å²) in [5.74, 6) is 0.928. The number of hydrogen-bond donors (Lipinski definition) is 1. The molecule has 18 heavy (non-hydrogen) atoms. The number of H-pyrrole nitrogens is 1. The summed E-state index contributed by atoms with van der Waals surface area (Å²) in [5.41, 5.74) is 1.49. The molecule has 1 aliphatic heterocycles. The van der Waals surface area contributed by atoms with E-state index in [9.17, 15) is 14.9 Å². The van der Waals surface area contributed by atoms with Gasteiger partial charge in [0.15, 0.2) is 0 Å². The lowest BCUT2D eigenvalue weighted by Gasteiger charge is -2.01. The van der Waals surface area contributed by atoms with E-state index in [0.717, 1.165) is 22.8 Å². The van der Waals surface area contributed by atoms with Gasteiger partial charge in [0.1, 0.15) is 0 Å². The number of aromatic nitrogens is 2. The molecule has 0 radical (unpaired) electrons. The quantitative estimate of drug-likeness (QED) is 0.660. The van der Waals surface area contributed by atoms with E-state index in [0.29, 0.717) is 5.69 Å². The predicted molar refractivity (Wildman–Crippen MR) is 67.5 cm³/mol. The van der Waals surface area contributed by atoms with E-state index in [1.54, 1.807) is 23.9 Å². The zero-order chi connectivity index (χ0) is 12.7. The van der Waals surface area contributed by atoms with Crippen LogP contribution in [0.3, 0.4) is 0 Å². The number of nitrogens with zero attached hydrogens (tertiary/aromatic N) is 2. The van der Waals surface area contributed by atoms with Gasteiger partial charge in [-0.25, -0.2) is 4.68 Å². The van der Waals surface area contributed by atoms with Crippen LogP contribution in [0.2, 0.25) is 0 Å². The van der Waals surface area contributed by atoms with Crippen LogP contribution in [0.15, 0.2) is 34.0 Å². The Bertz CT molecular complexity index is 672. The second-order valence-electron chi connectivity index (χ2n) is 3.93. The third-order valence-electron chi connectivity index (χ3n) is 2.84. The lowest BCUT2D eigenvalue weighted by atomic mass is 10.3. The molecule has 3 rings (SSSR count). The Balaban J connectivity index is 2.05. The molecule has 6 nitrogen and oxygen atoms in total. The molecule has 2 aromatic rings. The average Bonchev–Trinajstić information content (AvgIpc) is 2.93. The largest absolute Gasteiger partial charge is 0.294 e. The van der Waals surface area contributed by atoms with Crippen LogP contribution in [0.5, 0.6) is 0 Å². The second-order valence-corrected chi connectivity index (χ2v) is 5.04. The first kappa shape index (κ1) is 11.1. The average molecular weight is 263 g/mol. The van der Waals surface area contributed by atoms with E-state index in [1.165, 1.54) is 16.8 Å². The van der Waals surface area contributed by atoms with Gasteiger partial charge in [-0.3, -0.25) is 20.0 Å². The van der Waals surface area contributed by atoms with Crippen molar-refractivity contribution in [3.05, 3.63) is 50.4 Å². The van der Waals surface area contributed by atoms with Gasteiger partial charge in [0, 0.05) is 17.9 Å². The standard InChI is InChI=1S/C11H9N3O3S/c15-11-10-9(5-6-18-10)12-13(11)7-1-3-8(4-2-7)14(16)17/h1-4,12H,5-6H2. The third-order valence-corrected chi connectivity index (χ3v) is 3.95. The van der Waals surface area contributed by atoms with Crippen molar-refractivity contribution in [1.82, 2.24) is 9.78 Å². The van der Waals surface area contributed by atoms with Crippen molar-refractivity contribution in [2.75, 3.05) is 5.75 Å². The van der Waals surface area contributed by atoms with E-state index in [4.69, 9.17) is 0 Å². The second kappa shape index (κ2) is 4.02. The topological polar surface area (TPSA) is 80.9 Å². The fraction of sp³-hybridized carbons (Fsp3) is 0.182. The zero-order valence-electron chi connectivity index (χ0n) is 9.25. The van der Waals surface area contributed by atoms with Gasteiger partial charge in [-0.15, -0.1) is 11.8 Å². The van der Waals surface area contributed by atoms with E-state index in [-0.39, 0.29) is 11.2 Å². The molecular formula is C11H9N3O3S. The first-order valence-corrected chi connectivity index (χ1v) is 6.37. The van der Waals surface area contributed by atoms with Gasteiger partial charge in [-0.1, -0.05) is 0 Å². The highest BCUT2D eigenvalue weighted by Crippen LogP contribution is 2.27. The lowest BCUT2D eigenvalue weighted by Crippen LogP contribution is -2.15. The van der Waals surface area contributed by atoms with Gasteiger partial charge in [0.25, 0.3) is 11.2 Å². The van der Waals surface area contributed by atoms with Gasteiger partial charge in [0.2, 0.25) is 0 Å². The summed E-state index contributed by atoms with van der Waals surface area (Å²) in [5, 5.41) is 13.6.